The normalized spacial score (nSPS) is 10.9. The van der Waals surface area contributed by atoms with Crippen molar-refractivity contribution in [2.45, 2.75) is 0 Å². The largest absolute Gasteiger partial charge is 0.322 e. The second kappa shape index (κ2) is 7.21. The molecule has 0 unspecified atom stereocenters. The average Bonchev–Trinajstić information content (AvgIpc) is 2.79. The van der Waals surface area contributed by atoms with E-state index in [1.54, 1.807) is 0 Å². The number of anilines is 1. The number of rotatable bonds is 3. The van der Waals surface area contributed by atoms with Gasteiger partial charge in [-0.3, -0.25) is 4.79 Å². The van der Waals surface area contributed by atoms with Gasteiger partial charge in [0.2, 0.25) is 0 Å². The number of pyridine rings is 1. The minimum absolute atomic E-state index is 0.143. The quantitative estimate of drug-likeness (QED) is 0.402. The standard InChI is InChI=1S/C26H18N2O/c29-26(27-21-15-14-18-8-4-5-11-20(18)16-21)23-17-25(19-9-2-1-3-10-19)28-24-13-7-6-12-22(23)24/h1-17H,(H,27,29). The van der Waals surface area contributed by atoms with Gasteiger partial charge in [0.1, 0.15) is 0 Å². The molecule has 0 aliphatic carbocycles. The Hall–Kier alpha value is -3.98. The van der Waals surface area contributed by atoms with Gasteiger partial charge < -0.3 is 5.32 Å². The Morgan fingerprint density at radius 2 is 1.41 bits per heavy atom. The third kappa shape index (κ3) is 3.34. The number of amides is 1. The van der Waals surface area contributed by atoms with E-state index in [2.05, 4.69) is 11.4 Å². The van der Waals surface area contributed by atoms with E-state index in [1.807, 2.05) is 97.1 Å². The highest BCUT2D eigenvalue weighted by atomic mass is 16.1. The van der Waals surface area contributed by atoms with Crippen molar-refractivity contribution in [2.75, 3.05) is 5.32 Å². The maximum absolute atomic E-state index is 13.2. The first-order valence-electron chi connectivity index (χ1n) is 9.53. The zero-order chi connectivity index (χ0) is 19.6. The van der Waals surface area contributed by atoms with Crippen LogP contribution >= 0.6 is 0 Å². The molecular weight excluding hydrogens is 356 g/mol. The molecule has 5 rings (SSSR count). The maximum Gasteiger partial charge on any atom is 0.256 e. The van der Waals surface area contributed by atoms with Gasteiger partial charge in [-0.05, 0) is 35.0 Å². The first kappa shape index (κ1) is 17.1. The topological polar surface area (TPSA) is 42.0 Å². The molecule has 0 bridgehead atoms. The second-order valence-electron chi connectivity index (χ2n) is 6.95. The molecule has 0 fully saturated rings. The fourth-order valence-corrected chi connectivity index (χ4v) is 3.59. The number of hydrogen-bond donors (Lipinski definition) is 1. The zero-order valence-electron chi connectivity index (χ0n) is 15.7. The van der Waals surface area contributed by atoms with E-state index in [0.29, 0.717) is 5.56 Å². The van der Waals surface area contributed by atoms with Crippen LogP contribution < -0.4 is 5.32 Å². The molecule has 1 aromatic heterocycles. The fraction of sp³-hybridized carbons (Fsp3) is 0. The van der Waals surface area contributed by atoms with Crippen molar-refractivity contribution in [3.05, 3.63) is 109 Å². The summed E-state index contributed by atoms with van der Waals surface area (Å²) in [6.07, 6.45) is 0. The molecular formula is C26H18N2O. The van der Waals surface area contributed by atoms with Crippen LogP contribution in [-0.4, -0.2) is 10.9 Å². The van der Waals surface area contributed by atoms with Crippen LogP contribution in [0.5, 0.6) is 0 Å². The molecule has 5 aromatic rings. The van der Waals surface area contributed by atoms with Crippen LogP contribution in [0.2, 0.25) is 0 Å². The summed E-state index contributed by atoms with van der Waals surface area (Å²) < 4.78 is 0. The van der Waals surface area contributed by atoms with Crippen LogP contribution in [0.25, 0.3) is 32.9 Å². The summed E-state index contributed by atoms with van der Waals surface area (Å²) in [5.74, 6) is -0.143. The SMILES string of the molecule is O=C(Nc1ccc2ccccc2c1)c1cc(-c2ccccc2)nc2ccccc12. The Labute approximate surface area is 168 Å². The van der Waals surface area contributed by atoms with Crippen LogP contribution in [-0.2, 0) is 0 Å². The highest BCUT2D eigenvalue weighted by molar-refractivity contribution is 6.13. The van der Waals surface area contributed by atoms with E-state index in [9.17, 15) is 4.79 Å². The van der Waals surface area contributed by atoms with E-state index in [1.165, 1.54) is 0 Å². The van der Waals surface area contributed by atoms with Crippen LogP contribution in [0.4, 0.5) is 5.69 Å². The van der Waals surface area contributed by atoms with E-state index in [0.717, 1.165) is 38.6 Å². The minimum Gasteiger partial charge on any atom is -0.322 e. The Kier molecular flexibility index (Phi) is 4.26. The number of aromatic nitrogens is 1. The lowest BCUT2D eigenvalue weighted by atomic mass is 10.0. The molecule has 1 amide bonds. The van der Waals surface area contributed by atoms with Crippen molar-refractivity contribution in [1.82, 2.24) is 4.98 Å². The Morgan fingerprint density at radius 3 is 2.28 bits per heavy atom. The lowest BCUT2D eigenvalue weighted by Crippen LogP contribution is -2.13. The number of carbonyl (C=O) groups is 1. The summed E-state index contributed by atoms with van der Waals surface area (Å²) in [6.45, 7) is 0. The lowest BCUT2D eigenvalue weighted by molar-refractivity contribution is 0.102. The average molecular weight is 374 g/mol. The van der Waals surface area contributed by atoms with Gasteiger partial charge in [-0.25, -0.2) is 4.98 Å². The lowest BCUT2D eigenvalue weighted by Gasteiger charge is -2.11. The molecule has 138 valence electrons. The molecule has 0 saturated carbocycles. The Balaban J connectivity index is 1.58. The molecule has 0 saturated heterocycles. The summed E-state index contributed by atoms with van der Waals surface area (Å²) in [7, 11) is 0. The summed E-state index contributed by atoms with van der Waals surface area (Å²) >= 11 is 0. The number of benzene rings is 4. The highest BCUT2D eigenvalue weighted by Crippen LogP contribution is 2.26. The van der Waals surface area contributed by atoms with Crippen molar-refractivity contribution >= 4 is 33.3 Å². The van der Waals surface area contributed by atoms with E-state index >= 15 is 0 Å². The van der Waals surface area contributed by atoms with Crippen molar-refractivity contribution in [3.63, 3.8) is 0 Å². The molecule has 0 spiro atoms. The van der Waals surface area contributed by atoms with Gasteiger partial charge >= 0.3 is 0 Å². The smallest absolute Gasteiger partial charge is 0.256 e. The predicted octanol–water partition coefficient (Wildman–Crippen LogP) is 6.31. The molecule has 1 heterocycles. The summed E-state index contributed by atoms with van der Waals surface area (Å²) in [5.41, 5.74) is 3.96. The first-order chi connectivity index (χ1) is 14.3. The monoisotopic (exact) mass is 374 g/mol. The fourth-order valence-electron chi connectivity index (χ4n) is 3.59. The third-order valence-corrected chi connectivity index (χ3v) is 5.04. The van der Waals surface area contributed by atoms with Crippen LogP contribution in [0.15, 0.2) is 103 Å². The highest BCUT2D eigenvalue weighted by Gasteiger charge is 2.14. The molecule has 29 heavy (non-hydrogen) atoms. The minimum atomic E-state index is -0.143. The number of para-hydroxylation sites is 1. The number of carbonyl (C=O) groups excluding carboxylic acids is 1. The second-order valence-corrected chi connectivity index (χ2v) is 6.95. The number of nitrogens with one attached hydrogen (secondary N) is 1. The van der Waals surface area contributed by atoms with Crippen LogP contribution in [0, 0.1) is 0 Å². The molecule has 0 aliphatic heterocycles. The first-order valence-corrected chi connectivity index (χ1v) is 9.53. The Bertz CT molecular complexity index is 1340. The predicted molar refractivity (Wildman–Crippen MR) is 119 cm³/mol. The Morgan fingerprint density at radius 1 is 0.690 bits per heavy atom. The number of nitrogens with zero attached hydrogens (tertiary/aromatic N) is 1. The molecule has 0 radical (unpaired) electrons. The molecule has 4 aromatic carbocycles. The van der Waals surface area contributed by atoms with Gasteiger partial charge in [0.15, 0.2) is 0 Å². The molecule has 3 nitrogen and oxygen atoms in total. The van der Waals surface area contributed by atoms with Crippen molar-refractivity contribution < 1.29 is 4.79 Å². The van der Waals surface area contributed by atoms with Gasteiger partial charge in [0.25, 0.3) is 5.91 Å². The summed E-state index contributed by atoms with van der Waals surface area (Å²) in [4.78, 5) is 18.0. The summed E-state index contributed by atoms with van der Waals surface area (Å²) in [5, 5.41) is 6.13. The van der Waals surface area contributed by atoms with Gasteiger partial charge in [-0.15, -0.1) is 0 Å². The van der Waals surface area contributed by atoms with Gasteiger partial charge in [-0.1, -0.05) is 78.9 Å². The summed E-state index contributed by atoms with van der Waals surface area (Å²) in [6, 6.07) is 33.6. The van der Waals surface area contributed by atoms with Crippen molar-refractivity contribution in [2.24, 2.45) is 0 Å². The van der Waals surface area contributed by atoms with Crippen molar-refractivity contribution in [1.29, 1.82) is 0 Å². The van der Waals surface area contributed by atoms with Gasteiger partial charge in [0, 0.05) is 16.6 Å². The molecule has 0 atom stereocenters. The maximum atomic E-state index is 13.2. The molecule has 0 aliphatic rings. The van der Waals surface area contributed by atoms with Crippen LogP contribution in [0.3, 0.4) is 0 Å². The molecule has 3 heteroatoms. The van der Waals surface area contributed by atoms with Gasteiger partial charge in [-0.2, -0.15) is 0 Å². The van der Waals surface area contributed by atoms with Gasteiger partial charge in [0.05, 0.1) is 16.8 Å². The molecule has 1 N–H and O–H groups in total. The van der Waals surface area contributed by atoms with Crippen LogP contribution in [0.1, 0.15) is 10.4 Å². The van der Waals surface area contributed by atoms with Crippen molar-refractivity contribution in [3.8, 4) is 11.3 Å². The van der Waals surface area contributed by atoms with E-state index < -0.39 is 0 Å². The third-order valence-electron chi connectivity index (χ3n) is 5.04. The number of fused-ring (bicyclic) bond motifs is 2. The van der Waals surface area contributed by atoms with E-state index in [-0.39, 0.29) is 5.91 Å². The van der Waals surface area contributed by atoms with E-state index in [4.69, 9.17) is 4.98 Å². The zero-order valence-corrected chi connectivity index (χ0v) is 15.7. The number of hydrogen-bond acceptors (Lipinski definition) is 2.